The first-order valence-electron chi connectivity index (χ1n) is 8.78. The van der Waals surface area contributed by atoms with E-state index in [-0.39, 0.29) is 23.0 Å². The Hall–Kier alpha value is -1.89. The zero-order valence-corrected chi connectivity index (χ0v) is 15.1. The van der Waals surface area contributed by atoms with Crippen LogP contribution in [0.25, 0.3) is 11.4 Å². The van der Waals surface area contributed by atoms with Gasteiger partial charge in [0, 0.05) is 6.04 Å². The van der Waals surface area contributed by atoms with Gasteiger partial charge in [0.1, 0.15) is 5.82 Å². The minimum atomic E-state index is -0.352. The van der Waals surface area contributed by atoms with Gasteiger partial charge in [0.05, 0.1) is 10.8 Å². The van der Waals surface area contributed by atoms with Crippen LogP contribution in [0.15, 0.2) is 29.4 Å². The molecule has 1 aromatic carbocycles. The first-order valence-corrected chi connectivity index (χ1v) is 9.66. The number of aromatic amines is 1. The zero-order chi connectivity index (χ0) is 17.6. The predicted octanol–water partition coefficient (Wildman–Crippen LogP) is 3.93. The van der Waals surface area contributed by atoms with Crippen LogP contribution < -0.4 is 5.32 Å². The van der Waals surface area contributed by atoms with Crippen LogP contribution in [-0.2, 0) is 4.79 Å². The van der Waals surface area contributed by atoms with Gasteiger partial charge in [-0.15, -0.1) is 5.10 Å². The molecule has 1 fully saturated rings. The van der Waals surface area contributed by atoms with Gasteiger partial charge in [-0.3, -0.25) is 9.89 Å². The van der Waals surface area contributed by atoms with Crippen molar-refractivity contribution in [2.75, 3.05) is 0 Å². The maximum Gasteiger partial charge on any atom is 0.233 e. The predicted molar refractivity (Wildman–Crippen MR) is 96.7 cm³/mol. The van der Waals surface area contributed by atoms with Gasteiger partial charge in [0.25, 0.3) is 0 Å². The number of rotatable bonds is 5. The number of thioether (sulfide) groups is 1. The molecule has 5 nitrogen and oxygen atoms in total. The summed E-state index contributed by atoms with van der Waals surface area (Å²) in [6.07, 6.45) is 6.99. The molecule has 0 aliphatic heterocycles. The molecular formula is C18H23FN4OS. The summed E-state index contributed by atoms with van der Waals surface area (Å²) < 4.78 is 13.8. The summed E-state index contributed by atoms with van der Waals surface area (Å²) in [7, 11) is 0. The van der Waals surface area contributed by atoms with Crippen molar-refractivity contribution < 1.29 is 9.18 Å². The smallest absolute Gasteiger partial charge is 0.233 e. The SMILES string of the molecule is C[C@@H](Sc1n[nH]c(-c2ccccc2F)n1)C(=O)NC1CCCCCC1. The monoisotopic (exact) mass is 362 g/mol. The molecule has 1 aromatic heterocycles. The average molecular weight is 362 g/mol. The molecule has 2 aromatic rings. The van der Waals surface area contributed by atoms with Crippen LogP contribution in [0.2, 0.25) is 0 Å². The second-order valence-electron chi connectivity index (χ2n) is 6.40. The number of nitrogens with one attached hydrogen (secondary N) is 2. The minimum Gasteiger partial charge on any atom is -0.352 e. The fourth-order valence-corrected chi connectivity index (χ4v) is 3.76. The average Bonchev–Trinajstić information content (AvgIpc) is 2.90. The van der Waals surface area contributed by atoms with E-state index in [0.717, 1.165) is 12.8 Å². The van der Waals surface area contributed by atoms with E-state index in [0.29, 0.717) is 16.5 Å². The molecule has 3 rings (SSSR count). The lowest BCUT2D eigenvalue weighted by atomic mass is 10.1. The highest BCUT2D eigenvalue weighted by molar-refractivity contribution is 8.00. The molecule has 1 heterocycles. The Labute approximate surface area is 151 Å². The van der Waals surface area contributed by atoms with Crippen molar-refractivity contribution in [1.29, 1.82) is 0 Å². The number of hydrogen-bond acceptors (Lipinski definition) is 4. The van der Waals surface area contributed by atoms with Crippen molar-refractivity contribution in [1.82, 2.24) is 20.5 Å². The molecular weight excluding hydrogens is 339 g/mol. The Balaban J connectivity index is 1.58. The fraction of sp³-hybridized carbons (Fsp3) is 0.500. The molecule has 1 saturated carbocycles. The number of carbonyl (C=O) groups is 1. The van der Waals surface area contributed by atoms with E-state index < -0.39 is 0 Å². The Morgan fingerprint density at radius 3 is 2.72 bits per heavy atom. The topological polar surface area (TPSA) is 70.7 Å². The second-order valence-corrected chi connectivity index (χ2v) is 7.71. The van der Waals surface area contributed by atoms with E-state index in [9.17, 15) is 9.18 Å². The zero-order valence-electron chi connectivity index (χ0n) is 14.3. The maximum atomic E-state index is 13.8. The first kappa shape index (κ1) is 17.9. The third-order valence-corrected chi connectivity index (χ3v) is 5.41. The molecule has 2 N–H and O–H groups in total. The van der Waals surface area contributed by atoms with Crippen LogP contribution in [0.3, 0.4) is 0 Å². The molecule has 1 atom stereocenters. The molecule has 25 heavy (non-hydrogen) atoms. The lowest BCUT2D eigenvalue weighted by Crippen LogP contribution is -2.39. The Kier molecular flexibility index (Phi) is 6.07. The Morgan fingerprint density at radius 2 is 2.00 bits per heavy atom. The van der Waals surface area contributed by atoms with E-state index in [1.807, 2.05) is 6.92 Å². The van der Waals surface area contributed by atoms with Crippen molar-refractivity contribution in [3.63, 3.8) is 0 Å². The van der Waals surface area contributed by atoms with Gasteiger partial charge < -0.3 is 5.32 Å². The van der Waals surface area contributed by atoms with Gasteiger partial charge in [-0.25, -0.2) is 9.37 Å². The van der Waals surface area contributed by atoms with Gasteiger partial charge in [-0.05, 0) is 31.9 Å². The van der Waals surface area contributed by atoms with Gasteiger partial charge in [-0.1, -0.05) is 49.6 Å². The van der Waals surface area contributed by atoms with Crippen LogP contribution in [0.4, 0.5) is 4.39 Å². The summed E-state index contributed by atoms with van der Waals surface area (Å²) in [4.78, 5) is 16.7. The van der Waals surface area contributed by atoms with E-state index in [1.165, 1.54) is 43.5 Å². The lowest BCUT2D eigenvalue weighted by Gasteiger charge is -2.18. The van der Waals surface area contributed by atoms with Crippen LogP contribution in [0.1, 0.15) is 45.4 Å². The minimum absolute atomic E-state index is 0.00846. The van der Waals surface area contributed by atoms with E-state index >= 15 is 0 Å². The number of aromatic nitrogens is 3. The summed E-state index contributed by atoms with van der Waals surface area (Å²) in [6.45, 7) is 1.84. The van der Waals surface area contributed by atoms with Crippen molar-refractivity contribution in [3.05, 3.63) is 30.1 Å². The van der Waals surface area contributed by atoms with E-state index in [2.05, 4.69) is 20.5 Å². The first-order chi connectivity index (χ1) is 12.1. The molecule has 1 amide bonds. The summed E-state index contributed by atoms with van der Waals surface area (Å²) in [5.74, 6) is 0.0282. The molecule has 0 spiro atoms. The normalized spacial score (nSPS) is 17.0. The lowest BCUT2D eigenvalue weighted by molar-refractivity contribution is -0.121. The largest absolute Gasteiger partial charge is 0.352 e. The third kappa shape index (κ3) is 4.81. The molecule has 0 unspecified atom stereocenters. The van der Waals surface area contributed by atoms with Crippen LogP contribution >= 0.6 is 11.8 Å². The van der Waals surface area contributed by atoms with Gasteiger partial charge in [-0.2, -0.15) is 0 Å². The van der Waals surface area contributed by atoms with Crippen molar-refractivity contribution in [3.8, 4) is 11.4 Å². The number of halogens is 1. The highest BCUT2D eigenvalue weighted by Crippen LogP contribution is 2.25. The number of nitrogens with zero attached hydrogens (tertiary/aromatic N) is 2. The molecule has 7 heteroatoms. The summed E-state index contributed by atoms with van der Waals surface area (Å²) in [5, 5.41) is 10.1. The highest BCUT2D eigenvalue weighted by atomic mass is 32.2. The molecule has 1 aliphatic carbocycles. The highest BCUT2D eigenvalue weighted by Gasteiger charge is 2.21. The third-order valence-electron chi connectivity index (χ3n) is 4.45. The molecule has 134 valence electrons. The second kappa shape index (κ2) is 8.47. The van der Waals surface area contributed by atoms with Crippen LogP contribution in [-0.4, -0.2) is 32.4 Å². The van der Waals surface area contributed by atoms with Crippen molar-refractivity contribution in [2.24, 2.45) is 0 Å². The molecule has 0 saturated heterocycles. The van der Waals surface area contributed by atoms with Crippen LogP contribution in [0.5, 0.6) is 0 Å². The van der Waals surface area contributed by atoms with E-state index in [1.54, 1.807) is 18.2 Å². The number of carbonyl (C=O) groups excluding carboxylic acids is 1. The maximum absolute atomic E-state index is 13.8. The Morgan fingerprint density at radius 1 is 1.28 bits per heavy atom. The molecule has 0 bridgehead atoms. The summed E-state index contributed by atoms with van der Waals surface area (Å²) in [6, 6.07) is 6.68. The standard InChI is InChI=1S/C18H23FN4OS/c1-12(17(24)20-13-8-4-2-3-5-9-13)25-18-21-16(22-23-18)14-10-6-7-11-15(14)19/h6-7,10-13H,2-5,8-9H2,1H3,(H,20,24)(H,21,22,23)/t12-/m1/s1. The van der Waals surface area contributed by atoms with Crippen molar-refractivity contribution in [2.45, 2.75) is 61.9 Å². The quantitative estimate of drug-likeness (QED) is 0.624. The summed E-state index contributed by atoms with van der Waals surface area (Å²) >= 11 is 1.28. The van der Waals surface area contributed by atoms with Crippen LogP contribution in [0, 0.1) is 5.82 Å². The number of hydrogen-bond donors (Lipinski definition) is 2. The number of benzene rings is 1. The molecule has 0 radical (unpaired) electrons. The van der Waals surface area contributed by atoms with Crippen molar-refractivity contribution >= 4 is 17.7 Å². The van der Waals surface area contributed by atoms with Gasteiger partial charge >= 0.3 is 0 Å². The van der Waals surface area contributed by atoms with E-state index in [4.69, 9.17) is 0 Å². The summed E-state index contributed by atoms with van der Waals surface area (Å²) in [5.41, 5.74) is 0.373. The fourth-order valence-electron chi connectivity index (χ4n) is 3.03. The Bertz CT molecular complexity index is 713. The van der Waals surface area contributed by atoms with Gasteiger partial charge in [0.2, 0.25) is 11.1 Å². The molecule has 1 aliphatic rings. The number of amides is 1. The number of H-pyrrole nitrogens is 1. The van der Waals surface area contributed by atoms with Gasteiger partial charge in [0.15, 0.2) is 5.82 Å².